The van der Waals surface area contributed by atoms with Crippen LogP contribution < -0.4 is 24.3 Å². The first-order valence-electron chi connectivity index (χ1n) is 13.5. The van der Waals surface area contributed by atoms with E-state index in [0.29, 0.717) is 34.4 Å². The molecule has 0 aliphatic carbocycles. The molecule has 2 amide bonds. The van der Waals surface area contributed by atoms with Crippen molar-refractivity contribution in [3.8, 4) is 23.0 Å². The molecule has 4 aromatic rings. The molecule has 0 fully saturated rings. The van der Waals surface area contributed by atoms with E-state index in [1.807, 2.05) is 72.8 Å². The van der Waals surface area contributed by atoms with E-state index >= 15 is 0 Å². The molecule has 1 atom stereocenters. The predicted octanol–water partition coefficient (Wildman–Crippen LogP) is 5.41. The molecule has 216 valence electrons. The van der Waals surface area contributed by atoms with Crippen LogP contribution >= 0.6 is 11.6 Å². The summed E-state index contributed by atoms with van der Waals surface area (Å²) >= 11 is 6.26. The first kappa shape index (κ1) is 28.8. The zero-order valence-electron chi connectivity index (χ0n) is 23.1. The molecular weight excluding hydrogens is 556 g/mol. The molecule has 1 heterocycles. The molecule has 0 saturated heterocycles. The molecule has 0 radical (unpaired) electrons. The third-order valence-corrected chi connectivity index (χ3v) is 7.19. The number of methoxy groups -OCH3 is 1. The number of halogens is 1. The van der Waals surface area contributed by atoms with Crippen molar-refractivity contribution in [2.45, 2.75) is 25.6 Å². The number of hydrogen-bond acceptors (Lipinski definition) is 6. The number of carbonyl (C=O) groups is 2. The SMILES string of the molecule is COc1ccc(CN(C(=O)COc2ccccc2Cl)[C@H](Cc2ccccc2)C(=O)NCc2ccc3c(c2)OCO3)cc1. The largest absolute Gasteiger partial charge is 0.497 e. The average molecular weight is 587 g/mol. The lowest BCUT2D eigenvalue weighted by Crippen LogP contribution is -2.51. The lowest BCUT2D eigenvalue weighted by atomic mass is 10.0. The summed E-state index contributed by atoms with van der Waals surface area (Å²) in [7, 11) is 1.59. The van der Waals surface area contributed by atoms with Gasteiger partial charge in [-0.2, -0.15) is 0 Å². The summed E-state index contributed by atoms with van der Waals surface area (Å²) in [5, 5.41) is 3.42. The molecule has 8 nitrogen and oxygen atoms in total. The summed E-state index contributed by atoms with van der Waals surface area (Å²) in [5.74, 6) is 1.74. The zero-order valence-corrected chi connectivity index (χ0v) is 23.9. The summed E-state index contributed by atoms with van der Waals surface area (Å²) in [5.41, 5.74) is 2.60. The van der Waals surface area contributed by atoms with Gasteiger partial charge in [0.15, 0.2) is 18.1 Å². The number of amides is 2. The van der Waals surface area contributed by atoms with Crippen molar-refractivity contribution in [1.82, 2.24) is 10.2 Å². The standard InChI is InChI=1S/C33H31ClN2O6/c1-39-26-14-11-24(12-15-26)20-36(32(37)21-40-29-10-6-5-9-27(29)34)28(17-23-7-3-2-4-8-23)33(38)35-19-25-13-16-30-31(18-25)42-22-41-30/h2-16,18,28H,17,19-22H2,1H3,(H,35,38)/t28-/m1/s1. The van der Waals surface area contributed by atoms with E-state index in [1.54, 1.807) is 36.3 Å². The maximum Gasteiger partial charge on any atom is 0.261 e. The molecule has 42 heavy (non-hydrogen) atoms. The monoisotopic (exact) mass is 586 g/mol. The van der Waals surface area contributed by atoms with E-state index in [1.165, 1.54) is 0 Å². The summed E-state index contributed by atoms with van der Waals surface area (Å²) in [4.78, 5) is 29.2. The van der Waals surface area contributed by atoms with Gasteiger partial charge < -0.3 is 29.2 Å². The Bertz CT molecular complexity index is 1510. The highest BCUT2D eigenvalue weighted by Crippen LogP contribution is 2.32. The number of ether oxygens (including phenoxy) is 4. The summed E-state index contributed by atoms with van der Waals surface area (Å²) in [6.45, 7) is 0.314. The van der Waals surface area contributed by atoms with Crippen LogP contribution in [0.1, 0.15) is 16.7 Å². The van der Waals surface area contributed by atoms with Crippen LogP contribution in [0.25, 0.3) is 0 Å². The average Bonchev–Trinajstić information content (AvgIpc) is 3.50. The van der Waals surface area contributed by atoms with Gasteiger partial charge in [-0.15, -0.1) is 0 Å². The van der Waals surface area contributed by atoms with Gasteiger partial charge in [-0.3, -0.25) is 9.59 Å². The van der Waals surface area contributed by atoms with Gasteiger partial charge in [0.05, 0.1) is 12.1 Å². The minimum Gasteiger partial charge on any atom is -0.497 e. The second kappa shape index (κ2) is 13.8. The van der Waals surface area contributed by atoms with E-state index in [9.17, 15) is 9.59 Å². The third kappa shape index (κ3) is 7.33. The Morgan fingerprint density at radius 2 is 1.60 bits per heavy atom. The summed E-state index contributed by atoms with van der Waals surface area (Å²) < 4.78 is 22.0. The lowest BCUT2D eigenvalue weighted by molar-refractivity contribution is -0.142. The van der Waals surface area contributed by atoms with Gasteiger partial charge in [0.1, 0.15) is 17.5 Å². The van der Waals surface area contributed by atoms with Crippen molar-refractivity contribution < 1.29 is 28.5 Å². The smallest absolute Gasteiger partial charge is 0.261 e. The van der Waals surface area contributed by atoms with Gasteiger partial charge in [0, 0.05) is 19.5 Å². The number of nitrogens with one attached hydrogen (secondary N) is 1. The quantitative estimate of drug-likeness (QED) is 0.239. The first-order valence-corrected chi connectivity index (χ1v) is 13.9. The lowest BCUT2D eigenvalue weighted by Gasteiger charge is -2.31. The normalized spacial score (nSPS) is 12.3. The number of hydrogen-bond donors (Lipinski definition) is 1. The van der Waals surface area contributed by atoms with Crippen molar-refractivity contribution in [2.75, 3.05) is 20.5 Å². The highest BCUT2D eigenvalue weighted by Gasteiger charge is 2.31. The van der Waals surface area contributed by atoms with Crippen molar-refractivity contribution in [1.29, 1.82) is 0 Å². The molecule has 0 bridgehead atoms. The number of benzene rings is 4. The highest BCUT2D eigenvalue weighted by atomic mass is 35.5. The maximum atomic E-state index is 13.9. The minimum atomic E-state index is -0.828. The van der Waals surface area contributed by atoms with E-state index in [0.717, 1.165) is 16.7 Å². The molecule has 0 unspecified atom stereocenters. The Morgan fingerprint density at radius 1 is 0.881 bits per heavy atom. The van der Waals surface area contributed by atoms with Crippen LogP contribution in [0.5, 0.6) is 23.0 Å². The predicted molar refractivity (Wildman–Crippen MR) is 159 cm³/mol. The van der Waals surface area contributed by atoms with E-state index in [4.69, 9.17) is 30.5 Å². The second-order valence-corrected chi connectivity index (χ2v) is 10.1. The van der Waals surface area contributed by atoms with E-state index in [2.05, 4.69) is 5.32 Å². The van der Waals surface area contributed by atoms with Crippen LogP contribution in [0.15, 0.2) is 97.1 Å². The zero-order chi connectivity index (χ0) is 29.3. The highest BCUT2D eigenvalue weighted by molar-refractivity contribution is 6.32. The fourth-order valence-corrected chi connectivity index (χ4v) is 4.81. The molecule has 5 rings (SSSR count). The van der Waals surface area contributed by atoms with Gasteiger partial charge in [-0.25, -0.2) is 0 Å². The Labute approximate surface area is 249 Å². The fourth-order valence-electron chi connectivity index (χ4n) is 4.62. The molecule has 1 aliphatic rings. The topological polar surface area (TPSA) is 86.3 Å². The van der Waals surface area contributed by atoms with Crippen LogP contribution in [0, 0.1) is 0 Å². The number of carbonyl (C=O) groups excluding carboxylic acids is 2. The fraction of sp³-hybridized carbons (Fsp3) is 0.212. The number of rotatable bonds is 12. The van der Waals surface area contributed by atoms with Crippen LogP contribution in [0.3, 0.4) is 0 Å². The molecule has 1 N–H and O–H groups in total. The molecule has 0 aromatic heterocycles. The van der Waals surface area contributed by atoms with Gasteiger partial charge in [0.2, 0.25) is 12.7 Å². The number of para-hydroxylation sites is 1. The van der Waals surface area contributed by atoms with E-state index < -0.39 is 6.04 Å². The van der Waals surface area contributed by atoms with Gasteiger partial charge in [-0.1, -0.05) is 72.3 Å². The number of fused-ring (bicyclic) bond motifs is 1. The molecule has 0 spiro atoms. The van der Waals surface area contributed by atoms with Crippen molar-refractivity contribution in [2.24, 2.45) is 0 Å². The maximum absolute atomic E-state index is 13.9. The van der Waals surface area contributed by atoms with E-state index in [-0.39, 0.29) is 38.3 Å². The van der Waals surface area contributed by atoms with Crippen LogP contribution in [-0.4, -0.2) is 43.3 Å². The van der Waals surface area contributed by atoms with Crippen LogP contribution in [0.2, 0.25) is 5.02 Å². The molecule has 0 saturated carbocycles. The summed E-state index contributed by atoms with van der Waals surface area (Å²) in [6, 6.07) is 28.7. The van der Waals surface area contributed by atoms with Gasteiger partial charge in [-0.05, 0) is 53.1 Å². The van der Waals surface area contributed by atoms with Gasteiger partial charge >= 0.3 is 0 Å². The Hall–Kier alpha value is -4.69. The molecule has 4 aromatic carbocycles. The van der Waals surface area contributed by atoms with Crippen LogP contribution in [0.4, 0.5) is 0 Å². The Balaban J connectivity index is 1.40. The molecular formula is C33H31ClN2O6. The van der Waals surface area contributed by atoms with Gasteiger partial charge in [0.25, 0.3) is 5.91 Å². The Kier molecular flexibility index (Phi) is 9.46. The second-order valence-electron chi connectivity index (χ2n) is 9.70. The summed E-state index contributed by atoms with van der Waals surface area (Å²) in [6.07, 6.45) is 0.307. The number of nitrogens with zero attached hydrogens (tertiary/aromatic N) is 1. The first-order chi connectivity index (χ1) is 20.5. The minimum absolute atomic E-state index is 0.170. The van der Waals surface area contributed by atoms with Crippen molar-refractivity contribution in [3.63, 3.8) is 0 Å². The van der Waals surface area contributed by atoms with Crippen molar-refractivity contribution in [3.05, 3.63) is 119 Å². The Morgan fingerprint density at radius 3 is 2.36 bits per heavy atom. The molecule has 1 aliphatic heterocycles. The van der Waals surface area contributed by atoms with Crippen molar-refractivity contribution >= 4 is 23.4 Å². The van der Waals surface area contributed by atoms with Crippen LogP contribution in [-0.2, 0) is 29.1 Å². The third-order valence-electron chi connectivity index (χ3n) is 6.87. The molecule has 9 heteroatoms.